The Morgan fingerprint density at radius 2 is 1.74 bits per heavy atom. The number of rotatable bonds is 8. The molecule has 2 rings (SSSR count). The minimum Gasteiger partial charge on any atom is -0.508 e. The van der Waals surface area contributed by atoms with Gasteiger partial charge in [0.1, 0.15) is 5.75 Å². The van der Waals surface area contributed by atoms with Crippen LogP contribution in [0.15, 0.2) is 42.5 Å². The van der Waals surface area contributed by atoms with Gasteiger partial charge in [-0.25, -0.2) is 4.79 Å². The van der Waals surface area contributed by atoms with Crippen molar-refractivity contribution in [3.63, 3.8) is 0 Å². The molecule has 0 aliphatic carbocycles. The average Bonchev–Trinajstić information content (AvgIpc) is 2.70. The fraction of sp³-hybridized carbons (Fsp3) is 0.381. The SMILES string of the molecule is COC(=O)c1ccc(C(C)C(C)NCC(O)c2ccc(O)c(CO)c2)cc1. The number of phenols is 1. The summed E-state index contributed by atoms with van der Waals surface area (Å²) in [6.45, 7) is 4.15. The molecule has 146 valence electrons. The van der Waals surface area contributed by atoms with Gasteiger partial charge in [-0.05, 0) is 48.2 Å². The zero-order valence-electron chi connectivity index (χ0n) is 15.8. The molecule has 2 aromatic carbocycles. The van der Waals surface area contributed by atoms with E-state index in [0.717, 1.165) is 5.56 Å². The summed E-state index contributed by atoms with van der Waals surface area (Å²) in [7, 11) is 1.35. The van der Waals surface area contributed by atoms with Crippen LogP contribution < -0.4 is 5.32 Å². The van der Waals surface area contributed by atoms with Crippen molar-refractivity contribution in [2.45, 2.75) is 38.5 Å². The van der Waals surface area contributed by atoms with Gasteiger partial charge in [0.25, 0.3) is 0 Å². The number of benzene rings is 2. The maximum Gasteiger partial charge on any atom is 0.337 e. The fourth-order valence-electron chi connectivity index (χ4n) is 2.86. The van der Waals surface area contributed by atoms with Gasteiger partial charge in [0.15, 0.2) is 0 Å². The second-order valence-corrected chi connectivity index (χ2v) is 6.66. The van der Waals surface area contributed by atoms with E-state index in [1.165, 1.54) is 13.2 Å². The van der Waals surface area contributed by atoms with Gasteiger partial charge >= 0.3 is 5.97 Å². The molecular weight excluding hydrogens is 346 g/mol. The highest BCUT2D eigenvalue weighted by Gasteiger charge is 2.17. The third kappa shape index (κ3) is 5.29. The molecule has 0 amide bonds. The topological polar surface area (TPSA) is 99.0 Å². The molecule has 0 fully saturated rings. The molecule has 3 unspecified atom stereocenters. The number of esters is 1. The summed E-state index contributed by atoms with van der Waals surface area (Å²) in [4.78, 5) is 11.5. The number of hydrogen-bond acceptors (Lipinski definition) is 6. The van der Waals surface area contributed by atoms with Crippen molar-refractivity contribution in [2.75, 3.05) is 13.7 Å². The summed E-state index contributed by atoms with van der Waals surface area (Å²) in [5, 5.41) is 32.5. The molecule has 0 saturated heterocycles. The summed E-state index contributed by atoms with van der Waals surface area (Å²) in [6.07, 6.45) is -0.757. The Bertz CT molecular complexity index is 760. The number of hydrogen-bond donors (Lipinski definition) is 4. The predicted molar refractivity (Wildman–Crippen MR) is 103 cm³/mol. The van der Waals surface area contributed by atoms with Crippen LogP contribution in [-0.4, -0.2) is 41.0 Å². The molecule has 0 spiro atoms. The number of aromatic hydroxyl groups is 1. The van der Waals surface area contributed by atoms with Gasteiger partial charge < -0.3 is 25.4 Å². The van der Waals surface area contributed by atoms with Crippen LogP contribution in [0.2, 0.25) is 0 Å². The van der Waals surface area contributed by atoms with Crippen molar-refractivity contribution in [3.8, 4) is 5.75 Å². The maximum absolute atomic E-state index is 11.5. The van der Waals surface area contributed by atoms with Crippen molar-refractivity contribution < 1.29 is 24.9 Å². The predicted octanol–water partition coefficient (Wildman–Crippen LogP) is 2.49. The summed E-state index contributed by atoms with van der Waals surface area (Å²) >= 11 is 0. The Hall–Kier alpha value is -2.41. The van der Waals surface area contributed by atoms with Gasteiger partial charge in [-0.2, -0.15) is 0 Å². The second kappa shape index (κ2) is 9.50. The average molecular weight is 373 g/mol. The molecule has 6 heteroatoms. The first-order chi connectivity index (χ1) is 12.9. The largest absolute Gasteiger partial charge is 0.508 e. The lowest BCUT2D eigenvalue weighted by atomic mass is 9.93. The molecule has 6 nitrogen and oxygen atoms in total. The van der Waals surface area contributed by atoms with E-state index in [1.54, 1.807) is 24.3 Å². The van der Waals surface area contributed by atoms with Crippen molar-refractivity contribution in [3.05, 3.63) is 64.7 Å². The van der Waals surface area contributed by atoms with E-state index < -0.39 is 6.10 Å². The molecule has 3 atom stereocenters. The maximum atomic E-state index is 11.5. The fourth-order valence-corrected chi connectivity index (χ4v) is 2.86. The lowest BCUT2D eigenvalue weighted by Gasteiger charge is -2.24. The van der Waals surface area contributed by atoms with Crippen molar-refractivity contribution in [1.82, 2.24) is 5.32 Å². The number of aliphatic hydroxyl groups is 2. The first-order valence-corrected chi connectivity index (χ1v) is 8.89. The van der Waals surface area contributed by atoms with E-state index in [2.05, 4.69) is 12.2 Å². The van der Waals surface area contributed by atoms with E-state index in [4.69, 9.17) is 4.74 Å². The van der Waals surface area contributed by atoms with E-state index in [9.17, 15) is 20.1 Å². The zero-order chi connectivity index (χ0) is 20.0. The lowest BCUT2D eigenvalue weighted by molar-refractivity contribution is 0.0600. The number of carbonyl (C=O) groups is 1. The normalized spacial score (nSPS) is 14.4. The molecule has 27 heavy (non-hydrogen) atoms. The van der Waals surface area contributed by atoms with Crippen LogP contribution in [0.25, 0.3) is 0 Å². The summed E-state index contributed by atoms with van der Waals surface area (Å²) < 4.78 is 4.70. The molecule has 4 N–H and O–H groups in total. The molecule has 0 radical (unpaired) electrons. The molecule has 0 aliphatic rings. The number of ether oxygens (including phenoxy) is 1. The van der Waals surface area contributed by atoms with Gasteiger partial charge in [-0.15, -0.1) is 0 Å². The van der Waals surface area contributed by atoms with Crippen LogP contribution >= 0.6 is 0 Å². The summed E-state index contributed by atoms with van der Waals surface area (Å²) in [5.41, 5.74) is 2.60. The van der Waals surface area contributed by atoms with Crippen LogP contribution in [-0.2, 0) is 11.3 Å². The first kappa shape index (κ1) is 20.9. The Morgan fingerprint density at radius 1 is 1.11 bits per heavy atom. The van der Waals surface area contributed by atoms with E-state index in [0.29, 0.717) is 23.2 Å². The molecule has 0 bridgehead atoms. The van der Waals surface area contributed by atoms with E-state index in [1.807, 2.05) is 19.1 Å². The Morgan fingerprint density at radius 3 is 2.33 bits per heavy atom. The van der Waals surface area contributed by atoms with Gasteiger partial charge in [0.05, 0.1) is 25.4 Å². The smallest absolute Gasteiger partial charge is 0.337 e. The van der Waals surface area contributed by atoms with Gasteiger partial charge in [0, 0.05) is 18.2 Å². The molecule has 0 aromatic heterocycles. The van der Waals surface area contributed by atoms with Gasteiger partial charge in [-0.1, -0.05) is 25.1 Å². The summed E-state index contributed by atoms with van der Waals surface area (Å²) in [6, 6.07) is 12.1. The highest BCUT2D eigenvalue weighted by atomic mass is 16.5. The Kier molecular flexibility index (Phi) is 7.36. The lowest BCUT2D eigenvalue weighted by Crippen LogP contribution is -2.34. The highest BCUT2D eigenvalue weighted by molar-refractivity contribution is 5.89. The molecule has 0 heterocycles. The highest BCUT2D eigenvalue weighted by Crippen LogP contribution is 2.24. The quantitative estimate of drug-likeness (QED) is 0.531. The van der Waals surface area contributed by atoms with E-state index >= 15 is 0 Å². The van der Waals surface area contributed by atoms with E-state index in [-0.39, 0.29) is 30.3 Å². The minimum atomic E-state index is -0.757. The monoisotopic (exact) mass is 373 g/mol. The van der Waals surface area contributed by atoms with Crippen LogP contribution in [0.4, 0.5) is 0 Å². The molecule has 0 aliphatic heterocycles. The van der Waals surface area contributed by atoms with Gasteiger partial charge in [-0.3, -0.25) is 0 Å². The van der Waals surface area contributed by atoms with Crippen molar-refractivity contribution in [1.29, 1.82) is 0 Å². The molecule has 0 saturated carbocycles. The minimum absolute atomic E-state index is 0.0128. The zero-order valence-corrected chi connectivity index (χ0v) is 15.8. The van der Waals surface area contributed by atoms with Gasteiger partial charge in [0.2, 0.25) is 0 Å². The summed E-state index contributed by atoms with van der Waals surface area (Å²) in [5.74, 6) is -0.185. The first-order valence-electron chi connectivity index (χ1n) is 8.89. The Labute approximate surface area is 159 Å². The Balaban J connectivity index is 1.96. The standard InChI is InChI=1S/C21H27NO5/c1-13(15-4-6-16(7-5-15)21(26)27-3)14(2)22-11-20(25)17-8-9-19(24)18(10-17)12-23/h4-10,13-14,20,22-25H,11-12H2,1-3H3. The number of methoxy groups -OCH3 is 1. The number of carbonyl (C=O) groups excluding carboxylic acids is 1. The van der Waals surface area contributed by atoms with Crippen LogP contribution in [0.3, 0.4) is 0 Å². The molecule has 2 aromatic rings. The number of nitrogens with one attached hydrogen (secondary N) is 1. The third-order valence-electron chi connectivity index (χ3n) is 4.90. The third-order valence-corrected chi connectivity index (χ3v) is 4.90. The number of aliphatic hydroxyl groups excluding tert-OH is 2. The van der Waals surface area contributed by atoms with Crippen LogP contribution in [0.1, 0.15) is 52.9 Å². The second-order valence-electron chi connectivity index (χ2n) is 6.66. The van der Waals surface area contributed by atoms with Crippen molar-refractivity contribution >= 4 is 5.97 Å². The van der Waals surface area contributed by atoms with Crippen LogP contribution in [0.5, 0.6) is 5.75 Å². The van der Waals surface area contributed by atoms with Crippen LogP contribution in [0, 0.1) is 0 Å². The molecular formula is C21H27NO5. The van der Waals surface area contributed by atoms with Crippen molar-refractivity contribution in [2.24, 2.45) is 0 Å².